The van der Waals surface area contributed by atoms with E-state index in [-0.39, 0.29) is 17.6 Å². The second kappa shape index (κ2) is 5.69. The fourth-order valence-electron chi connectivity index (χ4n) is 2.71. The molecule has 3 N–H and O–H groups in total. The molecule has 0 unspecified atom stereocenters. The molecule has 1 saturated heterocycles. The largest absolute Gasteiger partial charge is 0.391 e. The molecule has 1 amide bonds. The highest BCUT2D eigenvalue weighted by Gasteiger charge is 2.33. The van der Waals surface area contributed by atoms with E-state index in [4.69, 9.17) is 5.73 Å². The molecule has 1 aromatic carbocycles. The minimum atomic E-state index is -0.651. The molecule has 2 aromatic rings. The standard InChI is InChI=1S/C15H15FN4O2/c16-10-3-1-2-9(6-10)13-7-11(21)8-20(13)14-5-4-12(15(17)22)18-19-14/h1-6,11,13,21H,7-8H2,(H2,17,22)/t11-,13-/m0/s1. The highest BCUT2D eigenvalue weighted by atomic mass is 19.1. The van der Waals surface area contributed by atoms with Gasteiger partial charge in [0, 0.05) is 6.54 Å². The first-order chi connectivity index (χ1) is 10.5. The van der Waals surface area contributed by atoms with Gasteiger partial charge in [0.05, 0.1) is 12.1 Å². The van der Waals surface area contributed by atoms with E-state index in [9.17, 15) is 14.3 Å². The summed E-state index contributed by atoms with van der Waals surface area (Å²) in [6.45, 7) is 0.367. The SMILES string of the molecule is NC(=O)c1ccc(N2C[C@@H](O)C[C@H]2c2cccc(F)c2)nn1. The molecule has 7 heteroatoms. The van der Waals surface area contributed by atoms with E-state index >= 15 is 0 Å². The number of anilines is 1. The Hall–Kier alpha value is -2.54. The molecule has 0 saturated carbocycles. The second-order valence-electron chi connectivity index (χ2n) is 5.25. The third kappa shape index (κ3) is 2.75. The van der Waals surface area contributed by atoms with Gasteiger partial charge in [-0.15, -0.1) is 10.2 Å². The van der Waals surface area contributed by atoms with Crippen molar-refractivity contribution in [1.82, 2.24) is 10.2 Å². The molecular weight excluding hydrogens is 287 g/mol. The summed E-state index contributed by atoms with van der Waals surface area (Å²) in [5.74, 6) is -0.466. The molecule has 6 nitrogen and oxygen atoms in total. The number of carbonyl (C=O) groups excluding carboxylic acids is 1. The Morgan fingerprint density at radius 1 is 1.32 bits per heavy atom. The lowest BCUT2D eigenvalue weighted by Crippen LogP contribution is -2.26. The summed E-state index contributed by atoms with van der Waals surface area (Å²) in [4.78, 5) is 12.9. The van der Waals surface area contributed by atoms with E-state index in [0.717, 1.165) is 5.56 Å². The number of aliphatic hydroxyl groups is 1. The number of aliphatic hydroxyl groups excluding tert-OH is 1. The molecule has 0 radical (unpaired) electrons. The van der Waals surface area contributed by atoms with Crippen molar-refractivity contribution in [2.45, 2.75) is 18.6 Å². The number of hydrogen-bond acceptors (Lipinski definition) is 5. The molecule has 2 heterocycles. The van der Waals surface area contributed by atoms with Gasteiger partial charge in [0.25, 0.3) is 5.91 Å². The van der Waals surface area contributed by atoms with Crippen LogP contribution in [0.4, 0.5) is 10.2 Å². The minimum Gasteiger partial charge on any atom is -0.391 e. The molecule has 0 spiro atoms. The third-order valence-electron chi connectivity index (χ3n) is 3.71. The van der Waals surface area contributed by atoms with Crippen LogP contribution in [0.2, 0.25) is 0 Å². The molecule has 22 heavy (non-hydrogen) atoms. The molecule has 3 rings (SSSR count). The van der Waals surface area contributed by atoms with Gasteiger partial charge in [-0.2, -0.15) is 0 Å². The van der Waals surface area contributed by atoms with E-state index in [0.29, 0.717) is 18.8 Å². The molecule has 1 aliphatic heterocycles. The molecule has 0 bridgehead atoms. The molecule has 1 fully saturated rings. The topological polar surface area (TPSA) is 92.3 Å². The Morgan fingerprint density at radius 2 is 2.14 bits per heavy atom. The number of aromatic nitrogens is 2. The zero-order valence-corrected chi connectivity index (χ0v) is 11.7. The molecule has 1 aliphatic rings. The Labute approximate surface area is 126 Å². The smallest absolute Gasteiger partial charge is 0.269 e. The summed E-state index contributed by atoms with van der Waals surface area (Å²) < 4.78 is 13.4. The maximum Gasteiger partial charge on any atom is 0.269 e. The summed E-state index contributed by atoms with van der Waals surface area (Å²) in [5.41, 5.74) is 5.97. The summed E-state index contributed by atoms with van der Waals surface area (Å²) in [6, 6.07) is 9.18. The lowest BCUT2D eigenvalue weighted by Gasteiger charge is -2.25. The van der Waals surface area contributed by atoms with Crippen LogP contribution in [0.3, 0.4) is 0 Å². The van der Waals surface area contributed by atoms with Gasteiger partial charge in [-0.1, -0.05) is 12.1 Å². The predicted octanol–water partition coefficient (Wildman–Crippen LogP) is 1.03. The monoisotopic (exact) mass is 302 g/mol. The maximum absolute atomic E-state index is 13.4. The first kappa shape index (κ1) is 14.4. The van der Waals surface area contributed by atoms with Crippen molar-refractivity contribution in [3.63, 3.8) is 0 Å². The van der Waals surface area contributed by atoms with E-state index in [1.165, 1.54) is 18.2 Å². The average molecular weight is 302 g/mol. The van der Waals surface area contributed by atoms with Crippen LogP contribution in [-0.4, -0.2) is 33.9 Å². The Bertz CT molecular complexity index is 692. The van der Waals surface area contributed by atoms with E-state index in [1.807, 2.05) is 11.0 Å². The number of primary amides is 1. The normalized spacial score (nSPS) is 21.1. The number of β-amino-alcohol motifs (C(OH)–C–C–N with tert-alkyl or cyclic N) is 1. The van der Waals surface area contributed by atoms with Gasteiger partial charge in [0.15, 0.2) is 11.5 Å². The third-order valence-corrected chi connectivity index (χ3v) is 3.71. The van der Waals surface area contributed by atoms with Crippen LogP contribution in [-0.2, 0) is 0 Å². The predicted molar refractivity (Wildman–Crippen MR) is 77.7 cm³/mol. The Morgan fingerprint density at radius 3 is 2.77 bits per heavy atom. The molecular formula is C15H15FN4O2. The summed E-state index contributed by atoms with van der Waals surface area (Å²) in [7, 11) is 0. The Balaban J connectivity index is 1.92. The zero-order chi connectivity index (χ0) is 15.7. The maximum atomic E-state index is 13.4. The lowest BCUT2D eigenvalue weighted by atomic mass is 10.0. The van der Waals surface area contributed by atoms with Gasteiger partial charge in [-0.25, -0.2) is 4.39 Å². The van der Waals surface area contributed by atoms with Crippen LogP contribution in [0.5, 0.6) is 0 Å². The van der Waals surface area contributed by atoms with Gasteiger partial charge in [0.1, 0.15) is 5.82 Å². The first-order valence-electron chi connectivity index (χ1n) is 6.88. The molecule has 0 aliphatic carbocycles. The van der Waals surface area contributed by atoms with Crippen molar-refractivity contribution in [2.24, 2.45) is 5.73 Å². The number of nitrogens with zero attached hydrogens (tertiary/aromatic N) is 3. The van der Waals surface area contributed by atoms with Crippen LogP contribution in [0.15, 0.2) is 36.4 Å². The number of rotatable bonds is 3. The highest BCUT2D eigenvalue weighted by Crippen LogP contribution is 2.35. The number of hydrogen-bond donors (Lipinski definition) is 2. The van der Waals surface area contributed by atoms with Crippen LogP contribution < -0.4 is 10.6 Å². The van der Waals surface area contributed by atoms with E-state index < -0.39 is 12.0 Å². The van der Waals surface area contributed by atoms with Crippen molar-refractivity contribution in [2.75, 3.05) is 11.4 Å². The minimum absolute atomic E-state index is 0.0748. The van der Waals surface area contributed by atoms with Crippen LogP contribution >= 0.6 is 0 Å². The first-order valence-corrected chi connectivity index (χ1v) is 6.88. The van der Waals surface area contributed by atoms with Crippen LogP contribution in [0.25, 0.3) is 0 Å². The number of nitrogens with two attached hydrogens (primary N) is 1. The van der Waals surface area contributed by atoms with Gasteiger partial charge >= 0.3 is 0 Å². The van der Waals surface area contributed by atoms with Crippen molar-refractivity contribution in [3.05, 3.63) is 53.5 Å². The van der Waals surface area contributed by atoms with Crippen molar-refractivity contribution in [1.29, 1.82) is 0 Å². The van der Waals surface area contributed by atoms with Crippen molar-refractivity contribution < 1.29 is 14.3 Å². The zero-order valence-electron chi connectivity index (χ0n) is 11.7. The summed E-state index contributed by atoms with van der Waals surface area (Å²) in [6.07, 6.45) is -0.0613. The number of carbonyl (C=O) groups is 1. The van der Waals surface area contributed by atoms with Gasteiger partial charge in [0.2, 0.25) is 0 Å². The number of benzene rings is 1. The van der Waals surface area contributed by atoms with Gasteiger partial charge in [-0.3, -0.25) is 4.79 Å². The second-order valence-corrected chi connectivity index (χ2v) is 5.25. The number of halogens is 1. The van der Waals surface area contributed by atoms with Gasteiger partial charge < -0.3 is 15.7 Å². The molecule has 2 atom stereocenters. The summed E-state index contributed by atoms with van der Waals surface area (Å²) >= 11 is 0. The molecule has 1 aromatic heterocycles. The highest BCUT2D eigenvalue weighted by molar-refractivity contribution is 5.90. The van der Waals surface area contributed by atoms with Crippen molar-refractivity contribution >= 4 is 11.7 Å². The molecule has 114 valence electrons. The fraction of sp³-hybridized carbons (Fsp3) is 0.267. The summed E-state index contributed by atoms with van der Waals surface area (Å²) in [5, 5.41) is 17.7. The number of amides is 1. The van der Waals surface area contributed by atoms with Crippen LogP contribution in [0.1, 0.15) is 28.5 Å². The van der Waals surface area contributed by atoms with Crippen LogP contribution in [0, 0.1) is 5.82 Å². The quantitative estimate of drug-likeness (QED) is 0.883. The lowest BCUT2D eigenvalue weighted by molar-refractivity contribution is 0.0994. The fourth-order valence-corrected chi connectivity index (χ4v) is 2.71. The van der Waals surface area contributed by atoms with Gasteiger partial charge in [-0.05, 0) is 36.2 Å². The average Bonchev–Trinajstić information content (AvgIpc) is 2.89. The van der Waals surface area contributed by atoms with E-state index in [1.54, 1.807) is 12.1 Å². The van der Waals surface area contributed by atoms with Crippen molar-refractivity contribution in [3.8, 4) is 0 Å². The van der Waals surface area contributed by atoms with E-state index in [2.05, 4.69) is 10.2 Å². The Kier molecular flexibility index (Phi) is 3.72.